The first-order chi connectivity index (χ1) is 10.2. The molecule has 21 heavy (non-hydrogen) atoms. The minimum Gasteiger partial charge on any atom is -0.504 e. The molecule has 0 aliphatic carbocycles. The summed E-state index contributed by atoms with van der Waals surface area (Å²) in [6.07, 6.45) is 0. The number of nitrogens with two attached hydrogens (primary N) is 1. The van der Waals surface area contributed by atoms with Crippen LogP contribution in [0.2, 0.25) is 0 Å². The van der Waals surface area contributed by atoms with E-state index in [0.717, 1.165) is 22.2 Å². The van der Waals surface area contributed by atoms with E-state index in [4.69, 9.17) is 10.5 Å². The van der Waals surface area contributed by atoms with Crippen molar-refractivity contribution < 1.29 is 9.84 Å². The van der Waals surface area contributed by atoms with Crippen LogP contribution >= 0.6 is 0 Å². The highest BCUT2D eigenvalue weighted by Crippen LogP contribution is 2.27. The zero-order valence-corrected chi connectivity index (χ0v) is 11.9. The van der Waals surface area contributed by atoms with Crippen LogP contribution in [0.5, 0.6) is 11.5 Å². The fourth-order valence-corrected chi connectivity index (χ4v) is 2.59. The van der Waals surface area contributed by atoms with Crippen LogP contribution in [0.3, 0.4) is 0 Å². The first kappa shape index (κ1) is 13.5. The highest BCUT2D eigenvalue weighted by molar-refractivity contribution is 5.84. The van der Waals surface area contributed by atoms with Crippen LogP contribution < -0.4 is 10.5 Å². The number of phenols is 1. The van der Waals surface area contributed by atoms with Crippen LogP contribution in [0.1, 0.15) is 11.3 Å². The van der Waals surface area contributed by atoms with E-state index >= 15 is 0 Å². The van der Waals surface area contributed by atoms with Gasteiger partial charge in [-0.3, -0.25) is 0 Å². The van der Waals surface area contributed by atoms with Crippen molar-refractivity contribution in [2.24, 2.45) is 12.8 Å². The van der Waals surface area contributed by atoms with Crippen LogP contribution in [0, 0.1) is 0 Å². The van der Waals surface area contributed by atoms with Crippen LogP contribution in [0.4, 0.5) is 0 Å². The number of hydrogen-bond donors (Lipinski definition) is 2. The van der Waals surface area contributed by atoms with Crippen LogP contribution in [0.25, 0.3) is 10.9 Å². The number of para-hydroxylation sites is 3. The first-order valence-corrected chi connectivity index (χ1v) is 6.87. The van der Waals surface area contributed by atoms with Crippen molar-refractivity contribution in [1.29, 1.82) is 0 Å². The Labute approximate surface area is 123 Å². The largest absolute Gasteiger partial charge is 0.504 e. The number of aromatic nitrogens is 1. The predicted octanol–water partition coefficient (Wildman–Crippen LogP) is 2.92. The molecule has 4 heteroatoms. The molecule has 0 unspecified atom stereocenters. The molecule has 0 amide bonds. The molecule has 1 heterocycles. The number of aryl methyl sites for hydroxylation is 1. The summed E-state index contributed by atoms with van der Waals surface area (Å²) in [6, 6.07) is 15.2. The summed E-state index contributed by atoms with van der Waals surface area (Å²) < 4.78 is 7.80. The van der Waals surface area contributed by atoms with Gasteiger partial charge in [0, 0.05) is 19.0 Å². The maximum atomic E-state index is 9.73. The van der Waals surface area contributed by atoms with Crippen molar-refractivity contribution in [3.05, 3.63) is 59.8 Å². The molecule has 1 aromatic heterocycles. The van der Waals surface area contributed by atoms with E-state index in [0.29, 0.717) is 18.9 Å². The molecule has 0 aliphatic heterocycles. The third-order valence-electron chi connectivity index (χ3n) is 3.70. The zero-order valence-electron chi connectivity index (χ0n) is 11.9. The van der Waals surface area contributed by atoms with E-state index in [1.165, 1.54) is 0 Å². The molecule has 0 radical (unpaired) electrons. The number of hydrogen-bond acceptors (Lipinski definition) is 3. The highest BCUT2D eigenvalue weighted by atomic mass is 16.5. The monoisotopic (exact) mass is 282 g/mol. The van der Waals surface area contributed by atoms with Crippen molar-refractivity contribution in [1.82, 2.24) is 4.57 Å². The van der Waals surface area contributed by atoms with Gasteiger partial charge in [-0.05, 0) is 23.8 Å². The fourth-order valence-electron chi connectivity index (χ4n) is 2.59. The summed E-state index contributed by atoms with van der Waals surface area (Å²) >= 11 is 0. The lowest BCUT2D eigenvalue weighted by Crippen LogP contribution is -2.04. The average molecular weight is 282 g/mol. The van der Waals surface area contributed by atoms with Gasteiger partial charge in [-0.15, -0.1) is 0 Å². The van der Waals surface area contributed by atoms with E-state index in [-0.39, 0.29) is 5.75 Å². The molecule has 3 aromatic rings. The molecule has 0 saturated heterocycles. The number of phenolic OH excluding ortho intramolecular Hbond substituents is 1. The Morgan fingerprint density at radius 1 is 1.14 bits per heavy atom. The molecule has 0 spiro atoms. The maximum Gasteiger partial charge on any atom is 0.161 e. The Kier molecular flexibility index (Phi) is 3.54. The highest BCUT2D eigenvalue weighted by Gasteiger charge is 2.10. The predicted molar refractivity (Wildman–Crippen MR) is 83.2 cm³/mol. The molecule has 2 aromatic carbocycles. The first-order valence-electron chi connectivity index (χ1n) is 6.87. The minimum atomic E-state index is 0.152. The summed E-state index contributed by atoms with van der Waals surface area (Å²) in [7, 11) is 2.00. The standard InChI is InChI=1S/C17H18N2O2/c1-19-14(11-21-16-8-3-2-7-15(16)20)9-12-5-4-6-13(10-18)17(12)19/h2-9,20H,10-11,18H2,1H3. The third-order valence-corrected chi connectivity index (χ3v) is 3.70. The van der Waals surface area contributed by atoms with Crippen LogP contribution in [-0.4, -0.2) is 9.67 Å². The third kappa shape index (κ3) is 2.45. The molecule has 0 saturated carbocycles. The van der Waals surface area contributed by atoms with Crippen molar-refractivity contribution in [2.75, 3.05) is 0 Å². The second-order valence-electron chi connectivity index (χ2n) is 5.01. The number of nitrogens with zero attached hydrogens (tertiary/aromatic N) is 1. The maximum absolute atomic E-state index is 9.73. The van der Waals surface area contributed by atoms with E-state index in [2.05, 4.69) is 16.7 Å². The minimum absolute atomic E-state index is 0.152. The molecule has 4 nitrogen and oxygen atoms in total. The number of fused-ring (bicyclic) bond motifs is 1. The lowest BCUT2D eigenvalue weighted by molar-refractivity contribution is 0.282. The Hall–Kier alpha value is -2.46. The molecule has 108 valence electrons. The van der Waals surface area contributed by atoms with E-state index in [1.807, 2.05) is 25.2 Å². The number of benzene rings is 2. The van der Waals surface area contributed by atoms with Gasteiger partial charge >= 0.3 is 0 Å². The lowest BCUT2D eigenvalue weighted by Gasteiger charge is -2.09. The lowest BCUT2D eigenvalue weighted by atomic mass is 10.1. The normalized spacial score (nSPS) is 11.0. The molecule has 3 N–H and O–H groups in total. The molecule has 0 atom stereocenters. The summed E-state index contributed by atoms with van der Waals surface area (Å²) in [5, 5.41) is 10.9. The van der Waals surface area contributed by atoms with Gasteiger partial charge in [-0.25, -0.2) is 0 Å². The van der Waals surface area contributed by atoms with Crippen molar-refractivity contribution in [3.63, 3.8) is 0 Å². The molecule has 0 aliphatic rings. The van der Waals surface area contributed by atoms with E-state index in [1.54, 1.807) is 18.2 Å². The van der Waals surface area contributed by atoms with Gasteiger partial charge in [0.2, 0.25) is 0 Å². The van der Waals surface area contributed by atoms with Gasteiger partial charge in [0.1, 0.15) is 6.61 Å². The van der Waals surface area contributed by atoms with Gasteiger partial charge in [0.15, 0.2) is 11.5 Å². The average Bonchev–Trinajstić information content (AvgIpc) is 2.83. The summed E-state index contributed by atoms with van der Waals surface area (Å²) in [4.78, 5) is 0. The number of ether oxygens (including phenoxy) is 1. The fraction of sp³-hybridized carbons (Fsp3) is 0.176. The Bertz CT molecular complexity index is 778. The molecule has 0 bridgehead atoms. The van der Waals surface area contributed by atoms with Crippen molar-refractivity contribution >= 4 is 10.9 Å². The second kappa shape index (κ2) is 5.50. The second-order valence-corrected chi connectivity index (χ2v) is 5.01. The Morgan fingerprint density at radius 3 is 2.71 bits per heavy atom. The number of aromatic hydroxyl groups is 1. The summed E-state index contributed by atoms with van der Waals surface area (Å²) in [5.74, 6) is 0.640. The molecular weight excluding hydrogens is 264 g/mol. The summed E-state index contributed by atoms with van der Waals surface area (Å²) in [5.41, 5.74) is 9.09. The smallest absolute Gasteiger partial charge is 0.161 e. The molecule has 0 fully saturated rings. The van der Waals surface area contributed by atoms with Crippen molar-refractivity contribution in [2.45, 2.75) is 13.2 Å². The summed E-state index contributed by atoms with van der Waals surface area (Å²) in [6.45, 7) is 0.904. The molecular formula is C17H18N2O2. The van der Waals surface area contributed by atoms with Gasteiger partial charge in [0.25, 0.3) is 0 Å². The Balaban J connectivity index is 1.91. The number of rotatable bonds is 4. The van der Waals surface area contributed by atoms with E-state index in [9.17, 15) is 5.11 Å². The van der Waals surface area contributed by atoms with E-state index < -0.39 is 0 Å². The quantitative estimate of drug-likeness (QED) is 0.773. The SMILES string of the molecule is Cn1c(COc2ccccc2O)cc2cccc(CN)c21. The van der Waals surface area contributed by atoms with Gasteiger partial charge in [-0.1, -0.05) is 30.3 Å². The van der Waals surface area contributed by atoms with Crippen molar-refractivity contribution in [3.8, 4) is 11.5 Å². The van der Waals surface area contributed by atoms with Gasteiger partial charge in [-0.2, -0.15) is 0 Å². The van der Waals surface area contributed by atoms with Crippen LogP contribution in [0.15, 0.2) is 48.5 Å². The Morgan fingerprint density at radius 2 is 1.95 bits per heavy atom. The molecule has 3 rings (SSSR count). The topological polar surface area (TPSA) is 60.4 Å². The van der Waals surface area contributed by atoms with Gasteiger partial charge < -0.3 is 20.1 Å². The van der Waals surface area contributed by atoms with Crippen LogP contribution in [-0.2, 0) is 20.2 Å². The zero-order chi connectivity index (χ0) is 14.8. The van der Waals surface area contributed by atoms with Gasteiger partial charge in [0.05, 0.1) is 11.2 Å².